The van der Waals surface area contributed by atoms with Crippen LogP contribution in [-0.4, -0.2) is 60.5 Å². The Morgan fingerprint density at radius 2 is 1.81 bits per heavy atom. The van der Waals surface area contributed by atoms with Gasteiger partial charge in [-0.2, -0.15) is 0 Å². The van der Waals surface area contributed by atoms with E-state index in [1.54, 1.807) is 12.1 Å². The number of benzene rings is 2. The smallest absolute Gasteiger partial charge is 0.266 e. The van der Waals surface area contributed by atoms with Crippen molar-refractivity contribution in [1.82, 2.24) is 9.80 Å². The van der Waals surface area contributed by atoms with Crippen molar-refractivity contribution in [1.29, 1.82) is 0 Å². The summed E-state index contributed by atoms with van der Waals surface area (Å²) in [6.07, 6.45) is -0.168. The quantitative estimate of drug-likeness (QED) is 0.696. The Bertz CT molecular complexity index is 1040. The molecule has 2 aromatic carbocycles. The monoisotopic (exact) mass is 461 g/mol. The van der Waals surface area contributed by atoms with E-state index in [1.807, 2.05) is 23.1 Å². The summed E-state index contributed by atoms with van der Waals surface area (Å²) in [4.78, 5) is 22.6. The van der Waals surface area contributed by atoms with Crippen molar-refractivity contribution in [2.75, 3.05) is 33.0 Å². The van der Waals surface area contributed by atoms with Gasteiger partial charge in [0.15, 0.2) is 11.5 Å². The summed E-state index contributed by atoms with van der Waals surface area (Å²) in [5.41, 5.74) is 2.69. The molecule has 0 spiro atoms. The predicted octanol–water partition coefficient (Wildman–Crippen LogP) is 3.56. The Hall–Kier alpha value is -2.48. The van der Waals surface area contributed by atoms with E-state index in [9.17, 15) is 4.79 Å². The molecule has 3 aliphatic heterocycles. The van der Waals surface area contributed by atoms with Gasteiger partial charge in [-0.25, -0.2) is 0 Å². The number of oxime groups is 1. The van der Waals surface area contributed by atoms with Gasteiger partial charge in [-0.3, -0.25) is 9.69 Å². The Morgan fingerprint density at radius 3 is 2.61 bits per heavy atom. The third-order valence-electron chi connectivity index (χ3n) is 5.72. The Morgan fingerprint density at radius 1 is 1.00 bits per heavy atom. The van der Waals surface area contributed by atoms with Crippen molar-refractivity contribution in [2.45, 2.75) is 19.1 Å². The molecule has 2 aromatic rings. The molecule has 1 amide bonds. The molecule has 0 aromatic heterocycles. The van der Waals surface area contributed by atoms with E-state index in [0.717, 1.165) is 36.7 Å². The van der Waals surface area contributed by atoms with Gasteiger partial charge >= 0.3 is 0 Å². The number of carbonyl (C=O) groups excluding carboxylic acids is 1. The first-order valence-electron chi connectivity index (χ1n) is 10.1. The Kier molecular flexibility index (Phi) is 5.65. The number of hydrogen-bond acceptors (Lipinski definition) is 6. The lowest BCUT2D eigenvalue weighted by atomic mass is 10.0. The summed E-state index contributed by atoms with van der Waals surface area (Å²) in [5.74, 6) is 1.56. The first kappa shape index (κ1) is 20.4. The van der Waals surface area contributed by atoms with Gasteiger partial charge in [0.1, 0.15) is 0 Å². The van der Waals surface area contributed by atoms with Crippen molar-refractivity contribution >= 4 is 34.8 Å². The van der Waals surface area contributed by atoms with E-state index in [1.165, 1.54) is 5.56 Å². The summed E-state index contributed by atoms with van der Waals surface area (Å²) in [5, 5.41) is 5.04. The van der Waals surface area contributed by atoms with Gasteiger partial charge in [0.05, 0.1) is 15.8 Å². The lowest BCUT2D eigenvalue weighted by molar-refractivity contribution is -0.143. The van der Waals surface area contributed by atoms with Crippen LogP contribution in [0, 0.1) is 0 Å². The van der Waals surface area contributed by atoms with Crippen LogP contribution in [0.25, 0.3) is 0 Å². The highest BCUT2D eigenvalue weighted by Gasteiger charge is 2.34. The van der Waals surface area contributed by atoms with Crippen LogP contribution in [0.3, 0.4) is 0 Å². The molecular weight excluding hydrogens is 441 g/mol. The van der Waals surface area contributed by atoms with Crippen LogP contribution in [0.2, 0.25) is 10.0 Å². The van der Waals surface area contributed by atoms with E-state index in [0.29, 0.717) is 35.3 Å². The average molecular weight is 462 g/mol. The SMILES string of the molecule is O=C(C1CC(c2ccc(Cl)c(Cl)c2)=NO1)N1CCN(Cc2ccc3c(c2)OCO3)CC1. The van der Waals surface area contributed by atoms with E-state index < -0.39 is 6.10 Å². The molecule has 0 bridgehead atoms. The van der Waals surface area contributed by atoms with Crippen LogP contribution in [0.5, 0.6) is 11.5 Å². The number of hydrogen-bond donors (Lipinski definition) is 0. The molecule has 5 rings (SSSR count). The topological polar surface area (TPSA) is 63.6 Å². The summed E-state index contributed by atoms with van der Waals surface area (Å²) in [6.45, 7) is 4.00. The van der Waals surface area contributed by atoms with Crippen LogP contribution in [-0.2, 0) is 16.2 Å². The number of carbonyl (C=O) groups is 1. The number of nitrogens with zero attached hydrogens (tertiary/aromatic N) is 3. The lowest BCUT2D eigenvalue weighted by Gasteiger charge is -2.35. The molecule has 1 fully saturated rings. The second-order valence-corrected chi connectivity index (χ2v) is 8.57. The highest BCUT2D eigenvalue weighted by atomic mass is 35.5. The molecule has 3 aliphatic rings. The third-order valence-corrected chi connectivity index (χ3v) is 6.46. The maximum atomic E-state index is 12.9. The zero-order valence-electron chi connectivity index (χ0n) is 16.7. The largest absolute Gasteiger partial charge is 0.454 e. The molecule has 0 N–H and O–H groups in total. The van der Waals surface area contributed by atoms with Crippen LogP contribution in [0.1, 0.15) is 17.5 Å². The normalized spacial score (nSPS) is 20.5. The number of ether oxygens (including phenoxy) is 2. The van der Waals surface area contributed by atoms with Gasteiger partial charge in [0, 0.05) is 44.7 Å². The minimum atomic E-state index is -0.593. The van der Waals surface area contributed by atoms with Gasteiger partial charge in [0.2, 0.25) is 12.9 Å². The zero-order valence-corrected chi connectivity index (χ0v) is 18.2. The minimum Gasteiger partial charge on any atom is -0.454 e. The molecule has 0 saturated carbocycles. The van der Waals surface area contributed by atoms with Crippen molar-refractivity contribution in [3.05, 3.63) is 57.6 Å². The Balaban J connectivity index is 1.13. The Labute approximate surface area is 190 Å². The van der Waals surface area contributed by atoms with E-state index in [2.05, 4.69) is 16.1 Å². The minimum absolute atomic E-state index is 0.0264. The van der Waals surface area contributed by atoms with Crippen LogP contribution < -0.4 is 9.47 Å². The molecule has 0 radical (unpaired) electrons. The van der Waals surface area contributed by atoms with Gasteiger partial charge in [0.25, 0.3) is 5.91 Å². The molecule has 9 heteroatoms. The van der Waals surface area contributed by atoms with Crippen LogP contribution >= 0.6 is 23.2 Å². The number of fused-ring (bicyclic) bond motifs is 1. The van der Waals surface area contributed by atoms with Crippen molar-refractivity contribution in [3.8, 4) is 11.5 Å². The number of amides is 1. The molecule has 0 aliphatic carbocycles. The second kappa shape index (κ2) is 8.57. The maximum Gasteiger partial charge on any atom is 0.266 e. The first-order valence-corrected chi connectivity index (χ1v) is 10.9. The van der Waals surface area contributed by atoms with Crippen molar-refractivity contribution in [2.24, 2.45) is 5.16 Å². The predicted molar refractivity (Wildman–Crippen MR) is 117 cm³/mol. The summed E-state index contributed by atoms with van der Waals surface area (Å²) >= 11 is 12.1. The fourth-order valence-corrected chi connectivity index (χ4v) is 4.28. The van der Waals surface area contributed by atoms with E-state index >= 15 is 0 Å². The summed E-state index contributed by atoms with van der Waals surface area (Å²) < 4.78 is 10.8. The lowest BCUT2D eigenvalue weighted by Crippen LogP contribution is -2.51. The fraction of sp³-hybridized carbons (Fsp3) is 0.364. The molecule has 1 unspecified atom stereocenters. The number of piperazine rings is 1. The van der Waals surface area contributed by atoms with Gasteiger partial charge in [-0.1, -0.05) is 40.5 Å². The number of rotatable bonds is 4. The standard InChI is InChI=1S/C22H21Cl2N3O4/c23-16-3-2-15(10-17(16)24)18-11-21(31-25-18)22(28)27-7-5-26(6-8-27)12-14-1-4-19-20(9-14)30-13-29-19/h1-4,9-10,21H,5-8,11-13H2. The highest BCUT2D eigenvalue weighted by Crippen LogP contribution is 2.33. The van der Waals surface area contributed by atoms with Crippen LogP contribution in [0.15, 0.2) is 41.6 Å². The van der Waals surface area contributed by atoms with Gasteiger partial charge in [-0.15, -0.1) is 0 Å². The van der Waals surface area contributed by atoms with Crippen molar-refractivity contribution < 1.29 is 19.1 Å². The summed E-state index contributed by atoms with van der Waals surface area (Å²) in [7, 11) is 0. The molecule has 162 valence electrons. The molecule has 7 nitrogen and oxygen atoms in total. The molecule has 31 heavy (non-hydrogen) atoms. The second-order valence-electron chi connectivity index (χ2n) is 7.75. The molecule has 1 atom stereocenters. The highest BCUT2D eigenvalue weighted by molar-refractivity contribution is 6.42. The van der Waals surface area contributed by atoms with E-state index in [4.69, 9.17) is 37.5 Å². The molecule has 1 saturated heterocycles. The zero-order chi connectivity index (χ0) is 21.4. The maximum absolute atomic E-state index is 12.9. The fourth-order valence-electron chi connectivity index (χ4n) is 3.98. The van der Waals surface area contributed by atoms with E-state index in [-0.39, 0.29) is 12.7 Å². The molecular formula is C22H21Cl2N3O4. The molecule has 3 heterocycles. The first-order chi connectivity index (χ1) is 15.1. The number of halogens is 2. The van der Waals surface area contributed by atoms with Crippen molar-refractivity contribution in [3.63, 3.8) is 0 Å². The van der Waals surface area contributed by atoms with Gasteiger partial charge in [-0.05, 0) is 29.8 Å². The van der Waals surface area contributed by atoms with Gasteiger partial charge < -0.3 is 19.2 Å². The third kappa shape index (κ3) is 4.31. The average Bonchev–Trinajstić information content (AvgIpc) is 3.45. The summed E-state index contributed by atoms with van der Waals surface area (Å²) in [6, 6.07) is 11.3. The van der Waals surface area contributed by atoms with Crippen LogP contribution in [0.4, 0.5) is 0 Å².